The van der Waals surface area contributed by atoms with Gasteiger partial charge in [0.1, 0.15) is 29.7 Å². The molecule has 3 aromatic rings. The lowest BCUT2D eigenvalue weighted by molar-refractivity contribution is -0.117. The van der Waals surface area contributed by atoms with Gasteiger partial charge in [-0.1, -0.05) is 57.9 Å². The lowest BCUT2D eigenvalue weighted by Crippen LogP contribution is -2.23. The Hall–Kier alpha value is -3.56. The molecule has 0 saturated carbocycles. The number of halogens is 1. The number of nitriles is 1. The number of rotatable bonds is 8. The Bertz CT molecular complexity index is 1160. The SMILES string of the molecule is COc1ccc(CNC(=O)/C(C#N)=C\c2cc(Br)ccc2OCc2cccc(C)c2)cc1. The number of nitrogens with zero attached hydrogens (tertiary/aromatic N) is 1. The molecular formula is C26H23BrN2O3. The predicted molar refractivity (Wildman–Crippen MR) is 128 cm³/mol. The number of aryl methyl sites for hydroxylation is 1. The molecule has 0 radical (unpaired) electrons. The second-order valence-corrected chi connectivity index (χ2v) is 8.08. The fourth-order valence-electron chi connectivity index (χ4n) is 3.05. The highest BCUT2D eigenvalue weighted by atomic mass is 79.9. The van der Waals surface area contributed by atoms with Gasteiger partial charge in [0.15, 0.2) is 0 Å². The monoisotopic (exact) mass is 490 g/mol. The molecule has 162 valence electrons. The summed E-state index contributed by atoms with van der Waals surface area (Å²) < 4.78 is 11.9. The van der Waals surface area contributed by atoms with E-state index >= 15 is 0 Å². The number of hydrogen-bond acceptors (Lipinski definition) is 4. The fourth-order valence-corrected chi connectivity index (χ4v) is 3.43. The van der Waals surface area contributed by atoms with Gasteiger partial charge in [0, 0.05) is 16.6 Å². The molecule has 0 aliphatic carbocycles. The van der Waals surface area contributed by atoms with Crippen molar-refractivity contribution < 1.29 is 14.3 Å². The van der Waals surface area contributed by atoms with E-state index < -0.39 is 5.91 Å². The Morgan fingerprint density at radius 3 is 2.56 bits per heavy atom. The average molecular weight is 491 g/mol. The number of benzene rings is 3. The van der Waals surface area contributed by atoms with Crippen LogP contribution in [0.5, 0.6) is 11.5 Å². The Morgan fingerprint density at radius 1 is 1.09 bits per heavy atom. The second-order valence-electron chi connectivity index (χ2n) is 7.16. The van der Waals surface area contributed by atoms with Gasteiger partial charge in [0.05, 0.1) is 7.11 Å². The third kappa shape index (κ3) is 6.47. The first kappa shape index (κ1) is 23.1. The molecular weight excluding hydrogens is 468 g/mol. The normalized spacial score (nSPS) is 10.9. The van der Waals surface area contributed by atoms with E-state index in [2.05, 4.69) is 27.3 Å². The molecule has 1 N–H and O–H groups in total. The Balaban J connectivity index is 1.74. The summed E-state index contributed by atoms with van der Waals surface area (Å²) in [5.41, 5.74) is 3.74. The second kappa shape index (κ2) is 11.2. The van der Waals surface area contributed by atoms with E-state index in [0.29, 0.717) is 24.5 Å². The highest BCUT2D eigenvalue weighted by molar-refractivity contribution is 9.10. The summed E-state index contributed by atoms with van der Waals surface area (Å²) in [6.07, 6.45) is 1.54. The van der Waals surface area contributed by atoms with Gasteiger partial charge in [0.25, 0.3) is 5.91 Å². The maximum Gasteiger partial charge on any atom is 0.262 e. The van der Waals surface area contributed by atoms with Crippen LogP contribution in [0.25, 0.3) is 6.08 Å². The lowest BCUT2D eigenvalue weighted by atomic mass is 10.1. The summed E-state index contributed by atoms with van der Waals surface area (Å²) in [5.74, 6) is 0.879. The molecule has 3 aromatic carbocycles. The number of amides is 1. The molecule has 0 atom stereocenters. The topological polar surface area (TPSA) is 71.3 Å². The Labute approximate surface area is 196 Å². The van der Waals surface area contributed by atoms with Crippen molar-refractivity contribution in [3.05, 3.63) is 99.0 Å². The van der Waals surface area contributed by atoms with Crippen molar-refractivity contribution in [3.8, 4) is 17.6 Å². The van der Waals surface area contributed by atoms with Crippen LogP contribution in [0.1, 0.15) is 22.3 Å². The van der Waals surface area contributed by atoms with Crippen molar-refractivity contribution in [2.45, 2.75) is 20.1 Å². The highest BCUT2D eigenvalue weighted by Gasteiger charge is 2.12. The third-order valence-corrected chi connectivity index (χ3v) is 5.22. The average Bonchev–Trinajstić information content (AvgIpc) is 2.80. The van der Waals surface area contributed by atoms with Crippen molar-refractivity contribution in [1.29, 1.82) is 5.26 Å². The number of carbonyl (C=O) groups excluding carboxylic acids is 1. The number of carbonyl (C=O) groups is 1. The maximum atomic E-state index is 12.6. The van der Waals surface area contributed by atoms with Gasteiger partial charge in [0.2, 0.25) is 0 Å². The van der Waals surface area contributed by atoms with Gasteiger partial charge in [-0.05, 0) is 54.5 Å². The summed E-state index contributed by atoms with van der Waals surface area (Å²) in [6.45, 7) is 2.72. The molecule has 0 saturated heterocycles. The number of methoxy groups -OCH3 is 1. The lowest BCUT2D eigenvalue weighted by Gasteiger charge is -2.11. The van der Waals surface area contributed by atoms with E-state index in [-0.39, 0.29) is 5.57 Å². The molecule has 0 heterocycles. The minimum absolute atomic E-state index is 0.00276. The molecule has 6 heteroatoms. The van der Waals surface area contributed by atoms with Crippen molar-refractivity contribution in [2.75, 3.05) is 7.11 Å². The molecule has 0 aromatic heterocycles. The van der Waals surface area contributed by atoms with Gasteiger partial charge in [-0.25, -0.2) is 0 Å². The predicted octanol–water partition coefficient (Wildman–Crippen LogP) is 5.57. The van der Waals surface area contributed by atoms with Crippen LogP contribution < -0.4 is 14.8 Å². The van der Waals surface area contributed by atoms with Crippen LogP contribution >= 0.6 is 15.9 Å². The summed E-state index contributed by atoms with van der Waals surface area (Å²) in [4.78, 5) is 12.6. The van der Waals surface area contributed by atoms with Crippen molar-refractivity contribution >= 4 is 27.9 Å². The smallest absolute Gasteiger partial charge is 0.262 e. The summed E-state index contributed by atoms with van der Waals surface area (Å²) in [5, 5.41) is 12.4. The highest BCUT2D eigenvalue weighted by Crippen LogP contribution is 2.26. The van der Waals surface area contributed by atoms with Crippen LogP contribution in [0.4, 0.5) is 0 Å². The van der Waals surface area contributed by atoms with Gasteiger partial charge in [-0.2, -0.15) is 5.26 Å². The summed E-state index contributed by atoms with van der Waals surface area (Å²) in [6, 6.07) is 22.9. The Morgan fingerprint density at radius 2 is 1.88 bits per heavy atom. The third-order valence-electron chi connectivity index (χ3n) is 4.73. The standard InChI is InChI=1S/C26H23BrN2O3/c1-18-4-3-5-20(12-18)17-32-25-11-8-23(27)14-21(25)13-22(15-28)26(30)29-16-19-6-9-24(31-2)10-7-19/h3-14H,16-17H2,1-2H3,(H,29,30)/b22-13-. The molecule has 0 unspecified atom stereocenters. The molecule has 0 spiro atoms. The van der Waals surface area contributed by atoms with E-state index in [9.17, 15) is 10.1 Å². The molecule has 0 fully saturated rings. The van der Waals surface area contributed by atoms with E-state index in [1.165, 1.54) is 0 Å². The first-order valence-electron chi connectivity index (χ1n) is 9.99. The zero-order valence-electron chi connectivity index (χ0n) is 17.9. The summed E-state index contributed by atoms with van der Waals surface area (Å²) >= 11 is 3.45. The van der Waals surface area contributed by atoms with Gasteiger partial charge < -0.3 is 14.8 Å². The van der Waals surface area contributed by atoms with Crippen LogP contribution in [-0.4, -0.2) is 13.0 Å². The van der Waals surface area contributed by atoms with Crippen LogP contribution in [0.3, 0.4) is 0 Å². The minimum Gasteiger partial charge on any atom is -0.497 e. The van der Waals surface area contributed by atoms with Crippen molar-refractivity contribution in [2.24, 2.45) is 0 Å². The minimum atomic E-state index is -0.451. The maximum absolute atomic E-state index is 12.6. The first-order chi connectivity index (χ1) is 15.5. The number of hydrogen-bond donors (Lipinski definition) is 1. The van der Waals surface area contributed by atoms with Crippen LogP contribution in [0.2, 0.25) is 0 Å². The van der Waals surface area contributed by atoms with Crippen LogP contribution in [0, 0.1) is 18.3 Å². The Kier molecular flexibility index (Phi) is 8.07. The molecule has 1 amide bonds. The number of nitrogens with one attached hydrogen (secondary N) is 1. The molecule has 0 aliphatic heterocycles. The zero-order valence-corrected chi connectivity index (χ0v) is 19.5. The van der Waals surface area contributed by atoms with Crippen LogP contribution in [0.15, 0.2) is 76.8 Å². The first-order valence-corrected chi connectivity index (χ1v) is 10.8. The van der Waals surface area contributed by atoms with E-state index in [1.807, 2.05) is 73.7 Å². The van der Waals surface area contributed by atoms with Crippen LogP contribution in [-0.2, 0) is 17.9 Å². The largest absolute Gasteiger partial charge is 0.497 e. The molecule has 32 heavy (non-hydrogen) atoms. The van der Waals surface area contributed by atoms with E-state index in [0.717, 1.165) is 26.9 Å². The quantitative estimate of drug-likeness (QED) is 0.331. The zero-order chi connectivity index (χ0) is 22.9. The van der Waals surface area contributed by atoms with Gasteiger partial charge in [-0.15, -0.1) is 0 Å². The molecule has 0 bridgehead atoms. The molecule has 3 rings (SSSR count). The van der Waals surface area contributed by atoms with Gasteiger partial charge in [-0.3, -0.25) is 4.79 Å². The number of ether oxygens (including phenoxy) is 2. The van der Waals surface area contributed by atoms with E-state index in [1.54, 1.807) is 13.2 Å². The summed E-state index contributed by atoms with van der Waals surface area (Å²) in [7, 11) is 1.60. The molecule has 5 nitrogen and oxygen atoms in total. The van der Waals surface area contributed by atoms with Gasteiger partial charge >= 0.3 is 0 Å². The van der Waals surface area contributed by atoms with Crippen molar-refractivity contribution in [1.82, 2.24) is 5.32 Å². The molecule has 0 aliphatic rings. The van der Waals surface area contributed by atoms with Crippen molar-refractivity contribution in [3.63, 3.8) is 0 Å². The van der Waals surface area contributed by atoms with E-state index in [4.69, 9.17) is 9.47 Å². The fraction of sp³-hybridized carbons (Fsp3) is 0.154.